The Hall–Kier alpha value is -5.09. The van der Waals surface area contributed by atoms with Gasteiger partial charge in [0.05, 0.1) is 42.5 Å². The smallest absolute Gasteiger partial charge is 0.241 e. The molecule has 0 radical (unpaired) electrons. The van der Waals surface area contributed by atoms with Crippen LogP contribution in [0.4, 0.5) is 11.5 Å². The number of hydrogen-bond donors (Lipinski definition) is 4. The minimum absolute atomic E-state index is 0.0600. The number of primary amides is 1. The van der Waals surface area contributed by atoms with Crippen LogP contribution in [0.25, 0.3) is 22.6 Å². The van der Waals surface area contributed by atoms with Crippen molar-refractivity contribution in [2.45, 2.75) is 25.4 Å². The van der Waals surface area contributed by atoms with Crippen LogP contribution in [-0.2, 0) is 16.1 Å². The first-order valence-corrected chi connectivity index (χ1v) is 11.2. The Morgan fingerprint density at radius 1 is 1.11 bits per heavy atom. The molecule has 2 heterocycles. The van der Waals surface area contributed by atoms with Crippen molar-refractivity contribution in [2.75, 3.05) is 17.2 Å². The number of rotatable bonds is 11. The number of para-hydroxylation sites is 2. The van der Waals surface area contributed by atoms with Crippen molar-refractivity contribution in [1.82, 2.24) is 19.9 Å². The van der Waals surface area contributed by atoms with E-state index in [1.807, 2.05) is 30.3 Å². The molecule has 0 spiro atoms. The van der Waals surface area contributed by atoms with Gasteiger partial charge in [-0.3, -0.25) is 14.4 Å². The third-order valence-corrected chi connectivity index (χ3v) is 5.42. The van der Waals surface area contributed by atoms with Gasteiger partial charge in [0.25, 0.3) is 0 Å². The highest BCUT2D eigenvalue weighted by Gasteiger charge is 2.22. The maximum atomic E-state index is 13.2. The number of hydrogen-bond acceptors (Lipinski definition) is 10. The largest absolute Gasteiger partial charge is 0.370 e. The summed E-state index contributed by atoms with van der Waals surface area (Å²) in [6.07, 6.45) is -0.0189. The van der Waals surface area contributed by atoms with Crippen LogP contribution in [0.15, 0.2) is 53.2 Å². The maximum absolute atomic E-state index is 13.2. The van der Waals surface area contributed by atoms with Crippen molar-refractivity contribution in [1.29, 1.82) is 5.26 Å². The molecule has 13 nitrogen and oxygen atoms in total. The molecule has 0 saturated heterocycles. The van der Waals surface area contributed by atoms with Crippen molar-refractivity contribution in [3.05, 3.63) is 54.1 Å². The predicted molar refractivity (Wildman–Crippen MR) is 133 cm³/mol. The fourth-order valence-electron chi connectivity index (χ4n) is 3.62. The lowest BCUT2D eigenvalue weighted by Gasteiger charge is -2.11. The highest BCUT2D eigenvalue weighted by atomic mass is 16.6. The molecule has 0 bridgehead atoms. The zero-order valence-corrected chi connectivity index (χ0v) is 19.5. The third-order valence-electron chi connectivity index (χ3n) is 5.42. The number of ketones is 1. The first-order valence-electron chi connectivity index (χ1n) is 11.2. The predicted octanol–water partition coefficient (Wildman–Crippen LogP) is 1.44. The number of nitriles is 1. The topological polar surface area (TPSA) is 208 Å². The van der Waals surface area contributed by atoms with Crippen molar-refractivity contribution in [3.8, 4) is 17.6 Å². The molecule has 0 fully saturated rings. The number of fused-ring (bicyclic) bond motifs is 1. The van der Waals surface area contributed by atoms with Crippen LogP contribution in [0.2, 0.25) is 0 Å². The lowest BCUT2D eigenvalue weighted by Crippen LogP contribution is -2.38. The number of imidazole rings is 1. The molecule has 0 aliphatic rings. The number of carbonyl (C=O) groups excluding carboxylic acids is 3. The van der Waals surface area contributed by atoms with Gasteiger partial charge in [-0.25, -0.2) is 9.61 Å². The highest BCUT2D eigenvalue weighted by molar-refractivity contribution is 5.99. The van der Waals surface area contributed by atoms with Gasteiger partial charge in [0.15, 0.2) is 17.3 Å². The Labute approximate surface area is 210 Å². The number of benzene rings is 2. The first-order chi connectivity index (χ1) is 17.9. The lowest BCUT2D eigenvalue weighted by atomic mass is 10.1. The van der Waals surface area contributed by atoms with Crippen LogP contribution in [0.1, 0.15) is 23.2 Å². The minimum Gasteiger partial charge on any atom is -0.370 e. The highest BCUT2D eigenvalue weighted by Crippen LogP contribution is 2.28. The lowest BCUT2D eigenvalue weighted by molar-refractivity contribution is -0.123. The fraction of sp³-hybridized carbons (Fsp3) is 0.208. The monoisotopic (exact) mass is 501 g/mol. The van der Waals surface area contributed by atoms with Gasteiger partial charge in [0, 0.05) is 17.8 Å². The van der Waals surface area contributed by atoms with E-state index in [9.17, 15) is 14.4 Å². The summed E-state index contributed by atoms with van der Waals surface area (Å²) < 4.78 is 6.61. The number of aromatic nitrogens is 4. The number of nitrogens with one attached hydrogen (secondary N) is 2. The van der Waals surface area contributed by atoms with E-state index in [-0.39, 0.29) is 25.2 Å². The molecule has 0 aliphatic heterocycles. The zero-order chi connectivity index (χ0) is 26.4. The average molecular weight is 502 g/mol. The van der Waals surface area contributed by atoms with Crippen molar-refractivity contribution >= 4 is 40.1 Å². The molecule has 2 aromatic carbocycles. The molecule has 0 aliphatic carbocycles. The van der Waals surface area contributed by atoms with Crippen LogP contribution in [0.5, 0.6) is 0 Å². The summed E-state index contributed by atoms with van der Waals surface area (Å²) in [6, 6.07) is 14.6. The summed E-state index contributed by atoms with van der Waals surface area (Å²) >= 11 is 0. The Kier molecular flexibility index (Phi) is 7.51. The Bertz CT molecular complexity index is 1480. The summed E-state index contributed by atoms with van der Waals surface area (Å²) in [7, 11) is 0. The van der Waals surface area contributed by atoms with Gasteiger partial charge in [-0.2, -0.15) is 5.26 Å². The molecule has 188 valence electrons. The molecule has 4 rings (SSSR count). The molecule has 13 heteroatoms. The van der Waals surface area contributed by atoms with Gasteiger partial charge in [0.1, 0.15) is 0 Å². The van der Waals surface area contributed by atoms with Gasteiger partial charge >= 0.3 is 0 Å². The van der Waals surface area contributed by atoms with E-state index in [0.29, 0.717) is 46.2 Å². The standard InChI is InChI=1S/C24H23N9O4/c25-10-3-11-28-22-21(31-37-32-22)23-30-17-4-1-2-5-18(17)33(23)13-19(34)14-6-8-15(9-7-14)29-24(36)16(26)12-20(27)35/h1-2,4-9,16H,3,11-13,26H2,(H2,27,35)(H,28,32)(H,29,36)/t16-/m0/s1. The molecule has 0 unspecified atom stereocenters. The van der Waals surface area contributed by atoms with Gasteiger partial charge < -0.3 is 26.7 Å². The SMILES string of the molecule is N#CCCNc1nonc1-c1nc2ccccc2n1CC(=O)c1ccc(NC(=O)[C@@H](N)CC(N)=O)cc1. The Morgan fingerprint density at radius 3 is 2.59 bits per heavy atom. The quantitative estimate of drug-likeness (QED) is 0.172. The molecule has 2 aromatic heterocycles. The van der Waals surface area contributed by atoms with Crippen LogP contribution in [0, 0.1) is 11.3 Å². The van der Waals surface area contributed by atoms with E-state index in [1.54, 1.807) is 28.8 Å². The van der Waals surface area contributed by atoms with Crippen molar-refractivity contribution < 1.29 is 19.0 Å². The number of anilines is 2. The second-order valence-corrected chi connectivity index (χ2v) is 8.07. The number of nitrogens with zero attached hydrogens (tertiary/aromatic N) is 5. The number of nitrogens with two attached hydrogens (primary N) is 2. The summed E-state index contributed by atoms with van der Waals surface area (Å²) in [5.41, 5.74) is 13.2. The molecule has 37 heavy (non-hydrogen) atoms. The minimum atomic E-state index is -1.07. The zero-order valence-electron chi connectivity index (χ0n) is 19.5. The third kappa shape index (κ3) is 5.77. The van der Waals surface area contributed by atoms with Crippen molar-refractivity contribution in [3.63, 3.8) is 0 Å². The van der Waals surface area contributed by atoms with Gasteiger partial charge in [-0.1, -0.05) is 12.1 Å². The number of amides is 2. The normalized spacial score (nSPS) is 11.6. The molecular formula is C24H23N9O4. The Morgan fingerprint density at radius 2 is 1.86 bits per heavy atom. The summed E-state index contributed by atoms with van der Waals surface area (Å²) in [5, 5.41) is 22.2. The summed E-state index contributed by atoms with van der Waals surface area (Å²) in [6.45, 7) is 0.280. The number of carbonyl (C=O) groups is 3. The van der Waals surface area contributed by atoms with Crippen LogP contribution in [0.3, 0.4) is 0 Å². The van der Waals surface area contributed by atoms with E-state index in [1.165, 1.54) is 0 Å². The van der Waals surface area contributed by atoms with Crippen LogP contribution in [-0.4, -0.2) is 50.0 Å². The second-order valence-electron chi connectivity index (χ2n) is 8.07. The second kappa shape index (κ2) is 11.1. The molecule has 6 N–H and O–H groups in total. The molecule has 2 amide bonds. The first kappa shape index (κ1) is 25.0. The summed E-state index contributed by atoms with van der Waals surface area (Å²) in [4.78, 5) is 40.9. The van der Waals surface area contributed by atoms with Crippen LogP contribution >= 0.6 is 0 Å². The van der Waals surface area contributed by atoms with E-state index in [4.69, 9.17) is 21.4 Å². The van der Waals surface area contributed by atoms with E-state index >= 15 is 0 Å². The van der Waals surface area contributed by atoms with E-state index in [2.05, 4.69) is 25.9 Å². The maximum Gasteiger partial charge on any atom is 0.241 e. The molecule has 0 saturated carbocycles. The van der Waals surface area contributed by atoms with Gasteiger partial charge in [0.2, 0.25) is 17.6 Å². The molecule has 4 aromatic rings. The molecular weight excluding hydrogens is 478 g/mol. The molecule has 1 atom stereocenters. The summed E-state index contributed by atoms with van der Waals surface area (Å²) in [5.74, 6) is -0.770. The van der Waals surface area contributed by atoms with Gasteiger partial charge in [-0.15, -0.1) is 0 Å². The Balaban J connectivity index is 1.56. The van der Waals surface area contributed by atoms with Gasteiger partial charge in [-0.05, 0) is 46.7 Å². The van der Waals surface area contributed by atoms with Crippen molar-refractivity contribution in [2.24, 2.45) is 11.5 Å². The van der Waals surface area contributed by atoms with E-state index in [0.717, 1.165) is 0 Å². The average Bonchev–Trinajstić information content (AvgIpc) is 3.48. The van der Waals surface area contributed by atoms with E-state index < -0.39 is 17.9 Å². The van der Waals surface area contributed by atoms with Crippen LogP contribution < -0.4 is 22.1 Å². The fourth-order valence-corrected chi connectivity index (χ4v) is 3.62. The number of Topliss-reactive ketones (excluding diaryl/α,β-unsaturated/α-hetero) is 1.